The van der Waals surface area contributed by atoms with E-state index < -0.39 is 0 Å². The van der Waals surface area contributed by atoms with Crippen molar-refractivity contribution >= 4 is 0 Å². The van der Waals surface area contributed by atoms with Crippen molar-refractivity contribution in [3.63, 3.8) is 0 Å². The van der Waals surface area contributed by atoms with Gasteiger partial charge in [-0.2, -0.15) is 0 Å². The second kappa shape index (κ2) is 6.72. The number of aliphatic hydroxyl groups excluding tert-OH is 1. The standard InChI is InChI=1S/C14H28N2O/c1-12(11-17)5-4-8-15-13-7-10-16-9-3-2-6-14(13)16/h12-15,17H,2-11H2,1H3. The summed E-state index contributed by atoms with van der Waals surface area (Å²) in [4.78, 5) is 2.68. The van der Waals surface area contributed by atoms with E-state index in [0.29, 0.717) is 12.5 Å². The number of hydrogen-bond donors (Lipinski definition) is 2. The van der Waals surface area contributed by atoms with E-state index >= 15 is 0 Å². The molecule has 2 saturated heterocycles. The molecule has 0 aromatic rings. The van der Waals surface area contributed by atoms with Gasteiger partial charge in [-0.15, -0.1) is 0 Å². The van der Waals surface area contributed by atoms with Gasteiger partial charge in [-0.1, -0.05) is 13.3 Å². The molecule has 2 rings (SSSR count). The largest absolute Gasteiger partial charge is 0.396 e. The molecule has 2 fully saturated rings. The number of nitrogens with one attached hydrogen (secondary N) is 1. The number of rotatable bonds is 6. The summed E-state index contributed by atoms with van der Waals surface area (Å²) in [6.45, 7) is 6.21. The molecule has 3 unspecified atom stereocenters. The predicted molar refractivity (Wildman–Crippen MR) is 71.1 cm³/mol. The van der Waals surface area contributed by atoms with Crippen molar-refractivity contribution in [3.8, 4) is 0 Å². The first-order chi connectivity index (χ1) is 8.31. The third-order valence-electron chi connectivity index (χ3n) is 4.45. The molecule has 0 bridgehead atoms. The van der Waals surface area contributed by atoms with E-state index in [0.717, 1.165) is 25.0 Å². The summed E-state index contributed by atoms with van der Waals surface area (Å²) in [6, 6.07) is 1.55. The molecule has 2 aliphatic heterocycles. The molecule has 0 aliphatic carbocycles. The Kier molecular flexibility index (Phi) is 5.26. The van der Waals surface area contributed by atoms with Crippen molar-refractivity contribution in [1.29, 1.82) is 0 Å². The average molecular weight is 240 g/mol. The Morgan fingerprint density at radius 2 is 2.18 bits per heavy atom. The molecule has 3 heteroatoms. The topological polar surface area (TPSA) is 35.5 Å². The van der Waals surface area contributed by atoms with Crippen molar-refractivity contribution in [3.05, 3.63) is 0 Å². The van der Waals surface area contributed by atoms with E-state index in [-0.39, 0.29) is 0 Å². The van der Waals surface area contributed by atoms with Crippen LogP contribution >= 0.6 is 0 Å². The van der Waals surface area contributed by atoms with Crippen LogP contribution in [0.4, 0.5) is 0 Å². The van der Waals surface area contributed by atoms with Crippen LogP contribution in [0.1, 0.15) is 45.4 Å². The van der Waals surface area contributed by atoms with Gasteiger partial charge >= 0.3 is 0 Å². The van der Waals surface area contributed by atoms with Crippen LogP contribution in [0, 0.1) is 5.92 Å². The van der Waals surface area contributed by atoms with Gasteiger partial charge in [-0.05, 0) is 51.1 Å². The summed E-state index contributed by atoms with van der Waals surface area (Å²) >= 11 is 0. The van der Waals surface area contributed by atoms with Gasteiger partial charge in [0.05, 0.1) is 0 Å². The van der Waals surface area contributed by atoms with Gasteiger partial charge in [-0.25, -0.2) is 0 Å². The van der Waals surface area contributed by atoms with Crippen LogP contribution in [0.3, 0.4) is 0 Å². The van der Waals surface area contributed by atoms with Gasteiger partial charge < -0.3 is 10.4 Å². The Balaban J connectivity index is 1.62. The zero-order valence-corrected chi connectivity index (χ0v) is 11.2. The van der Waals surface area contributed by atoms with Crippen molar-refractivity contribution < 1.29 is 5.11 Å². The fourth-order valence-electron chi connectivity index (χ4n) is 3.31. The highest BCUT2D eigenvalue weighted by molar-refractivity contribution is 4.93. The third kappa shape index (κ3) is 3.67. The highest BCUT2D eigenvalue weighted by atomic mass is 16.3. The molecule has 3 atom stereocenters. The Morgan fingerprint density at radius 3 is 3.00 bits per heavy atom. The lowest BCUT2D eigenvalue weighted by molar-refractivity contribution is 0.179. The number of hydrogen-bond acceptors (Lipinski definition) is 3. The van der Waals surface area contributed by atoms with Crippen LogP contribution in [-0.4, -0.2) is 48.3 Å². The van der Waals surface area contributed by atoms with E-state index in [1.165, 1.54) is 45.2 Å². The first-order valence-electron chi connectivity index (χ1n) is 7.39. The number of piperidine rings is 1. The van der Waals surface area contributed by atoms with Crippen LogP contribution in [0.15, 0.2) is 0 Å². The van der Waals surface area contributed by atoms with E-state index in [2.05, 4.69) is 17.1 Å². The summed E-state index contributed by atoms with van der Waals surface area (Å²) in [5, 5.41) is 12.7. The van der Waals surface area contributed by atoms with E-state index in [4.69, 9.17) is 5.11 Å². The molecule has 2 heterocycles. The molecule has 0 amide bonds. The quantitative estimate of drug-likeness (QED) is 0.692. The minimum absolute atomic E-state index is 0.333. The first kappa shape index (κ1) is 13.3. The van der Waals surface area contributed by atoms with Gasteiger partial charge in [0.15, 0.2) is 0 Å². The van der Waals surface area contributed by atoms with Crippen molar-refractivity contribution in [1.82, 2.24) is 10.2 Å². The summed E-state index contributed by atoms with van der Waals surface area (Å²) in [5.74, 6) is 0.464. The first-order valence-corrected chi connectivity index (χ1v) is 7.39. The molecule has 0 spiro atoms. The highest BCUT2D eigenvalue weighted by Gasteiger charge is 2.34. The lowest BCUT2D eigenvalue weighted by Crippen LogP contribution is -2.45. The van der Waals surface area contributed by atoms with Crippen molar-refractivity contribution in [2.45, 2.75) is 57.5 Å². The predicted octanol–water partition coefficient (Wildman–Crippen LogP) is 1.61. The van der Waals surface area contributed by atoms with Crippen molar-refractivity contribution in [2.75, 3.05) is 26.2 Å². The molecule has 3 nitrogen and oxygen atoms in total. The Bertz CT molecular complexity index is 222. The maximum atomic E-state index is 8.97. The summed E-state index contributed by atoms with van der Waals surface area (Å²) in [7, 11) is 0. The second-order valence-corrected chi connectivity index (χ2v) is 5.88. The van der Waals surface area contributed by atoms with Crippen molar-refractivity contribution in [2.24, 2.45) is 5.92 Å². The normalized spacial score (nSPS) is 31.4. The Hall–Kier alpha value is -0.120. The SMILES string of the molecule is CC(CO)CCCNC1CCN2CCCCC12. The van der Waals surface area contributed by atoms with Crippen LogP contribution in [0.25, 0.3) is 0 Å². The van der Waals surface area contributed by atoms with Crippen LogP contribution < -0.4 is 5.32 Å². The molecule has 0 radical (unpaired) electrons. The maximum absolute atomic E-state index is 8.97. The fourth-order valence-corrected chi connectivity index (χ4v) is 3.31. The lowest BCUT2D eigenvalue weighted by atomic mass is 9.99. The Morgan fingerprint density at radius 1 is 1.29 bits per heavy atom. The lowest BCUT2D eigenvalue weighted by Gasteiger charge is -2.32. The molecule has 0 aromatic carbocycles. The van der Waals surface area contributed by atoms with Gasteiger partial charge in [0.25, 0.3) is 0 Å². The summed E-state index contributed by atoms with van der Waals surface area (Å²) in [5.41, 5.74) is 0. The van der Waals surface area contributed by atoms with E-state index in [9.17, 15) is 0 Å². The van der Waals surface area contributed by atoms with E-state index in [1.54, 1.807) is 0 Å². The van der Waals surface area contributed by atoms with Gasteiger partial charge in [0, 0.05) is 25.2 Å². The fraction of sp³-hybridized carbons (Fsp3) is 1.00. The van der Waals surface area contributed by atoms with Crippen LogP contribution in [0.5, 0.6) is 0 Å². The Labute approximate surface area is 106 Å². The maximum Gasteiger partial charge on any atom is 0.0456 e. The van der Waals surface area contributed by atoms with Crippen LogP contribution in [0.2, 0.25) is 0 Å². The number of nitrogens with zero attached hydrogens (tertiary/aromatic N) is 1. The highest BCUT2D eigenvalue weighted by Crippen LogP contribution is 2.27. The molecule has 2 aliphatic rings. The minimum Gasteiger partial charge on any atom is -0.396 e. The number of aliphatic hydroxyl groups is 1. The monoisotopic (exact) mass is 240 g/mol. The summed E-state index contributed by atoms with van der Waals surface area (Å²) in [6.07, 6.45) is 7.89. The molecule has 100 valence electrons. The molecule has 2 N–H and O–H groups in total. The van der Waals surface area contributed by atoms with E-state index in [1.807, 2.05) is 0 Å². The molecule has 0 saturated carbocycles. The number of fused-ring (bicyclic) bond motifs is 1. The average Bonchev–Trinajstić information content (AvgIpc) is 2.78. The smallest absolute Gasteiger partial charge is 0.0456 e. The van der Waals surface area contributed by atoms with Gasteiger partial charge in [-0.3, -0.25) is 4.90 Å². The zero-order valence-electron chi connectivity index (χ0n) is 11.2. The third-order valence-corrected chi connectivity index (χ3v) is 4.45. The second-order valence-electron chi connectivity index (χ2n) is 5.88. The van der Waals surface area contributed by atoms with Gasteiger partial charge in [0.2, 0.25) is 0 Å². The molecular formula is C14H28N2O. The molecule has 17 heavy (non-hydrogen) atoms. The van der Waals surface area contributed by atoms with Gasteiger partial charge in [0.1, 0.15) is 0 Å². The molecular weight excluding hydrogens is 212 g/mol. The molecule has 0 aromatic heterocycles. The minimum atomic E-state index is 0.333. The zero-order chi connectivity index (χ0) is 12.1. The summed E-state index contributed by atoms with van der Waals surface area (Å²) < 4.78 is 0. The van der Waals surface area contributed by atoms with Crippen LogP contribution in [-0.2, 0) is 0 Å².